The van der Waals surface area contributed by atoms with Crippen molar-refractivity contribution in [3.05, 3.63) is 69.8 Å². The Kier molecular flexibility index (Phi) is 6.05. The molecule has 1 fully saturated rings. The first-order valence-electron chi connectivity index (χ1n) is 8.53. The van der Waals surface area contributed by atoms with Crippen LogP contribution in [0, 0.1) is 17.0 Å². The Morgan fingerprint density at radius 1 is 1.29 bits per heavy atom. The van der Waals surface area contributed by atoms with E-state index in [9.17, 15) is 19.7 Å². The van der Waals surface area contributed by atoms with Crippen molar-refractivity contribution in [3.63, 3.8) is 0 Å². The molecule has 1 saturated heterocycles. The molecule has 0 spiro atoms. The van der Waals surface area contributed by atoms with E-state index in [0.717, 1.165) is 11.1 Å². The second-order valence-electron chi connectivity index (χ2n) is 6.23. The van der Waals surface area contributed by atoms with Crippen LogP contribution in [0.3, 0.4) is 0 Å². The van der Waals surface area contributed by atoms with Gasteiger partial charge >= 0.3 is 0 Å². The molecular formula is C19H18N4O4S. The number of thioether (sulfide) groups is 1. The number of amidine groups is 1. The van der Waals surface area contributed by atoms with Gasteiger partial charge in [0, 0.05) is 12.5 Å². The highest BCUT2D eigenvalue weighted by molar-refractivity contribution is 8.15. The molecule has 3 rings (SSSR count). The number of amides is 2. The summed E-state index contributed by atoms with van der Waals surface area (Å²) in [7, 11) is 0. The van der Waals surface area contributed by atoms with E-state index in [1.165, 1.54) is 23.9 Å². The van der Waals surface area contributed by atoms with Gasteiger partial charge in [-0.25, -0.2) is 0 Å². The van der Waals surface area contributed by atoms with E-state index in [1.54, 1.807) is 13.0 Å². The largest absolute Gasteiger partial charge is 0.320 e. The van der Waals surface area contributed by atoms with Crippen molar-refractivity contribution >= 4 is 40.1 Å². The molecule has 9 heteroatoms. The predicted octanol–water partition coefficient (Wildman–Crippen LogP) is 3.02. The number of nitrogens with zero attached hydrogens (tertiary/aromatic N) is 2. The molecule has 1 heterocycles. The van der Waals surface area contributed by atoms with Gasteiger partial charge in [0.15, 0.2) is 5.17 Å². The maximum absolute atomic E-state index is 12.3. The fraction of sp³-hybridized carbons (Fsp3) is 0.211. The molecule has 1 aliphatic heterocycles. The first kappa shape index (κ1) is 19.6. The standard InChI is InChI=1S/C19H18N4O4S/c1-12-7-8-14(15(9-12)23(26)27)21-17(24)10-16-18(25)22-19(28-16)20-11-13-5-3-2-4-6-13/h2-9,16H,10-11H2,1H3,(H,21,24)(H,20,22,25)/t16-/m1/s1. The van der Waals surface area contributed by atoms with E-state index in [4.69, 9.17) is 0 Å². The monoisotopic (exact) mass is 398 g/mol. The minimum Gasteiger partial charge on any atom is -0.320 e. The van der Waals surface area contributed by atoms with Crippen LogP contribution >= 0.6 is 11.8 Å². The molecule has 28 heavy (non-hydrogen) atoms. The second-order valence-corrected chi connectivity index (χ2v) is 7.42. The van der Waals surface area contributed by atoms with Gasteiger partial charge in [-0.2, -0.15) is 0 Å². The highest BCUT2D eigenvalue weighted by Gasteiger charge is 2.32. The van der Waals surface area contributed by atoms with Crippen molar-refractivity contribution in [1.29, 1.82) is 0 Å². The summed E-state index contributed by atoms with van der Waals surface area (Å²) in [5.41, 5.74) is 1.66. The average molecular weight is 398 g/mol. The van der Waals surface area contributed by atoms with Crippen LogP contribution in [0.4, 0.5) is 11.4 Å². The first-order chi connectivity index (χ1) is 13.4. The van der Waals surface area contributed by atoms with Crippen LogP contribution in [0.5, 0.6) is 0 Å². The summed E-state index contributed by atoms with van der Waals surface area (Å²) in [4.78, 5) is 39.4. The molecule has 0 aliphatic carbocycles. The fourth-order valence-corrected chi connectivity index (χ4v) is 3.60. The van der Waals surface area contributed by atoms with Crippen molar-refractivity contribution in [2.75, 3.05) is 5.32 Å². The summed E-state index contributed by atoms with van der Waals surface area (Å²) in [5, 5.41) is 16.2. The molecule has 2 aromatic carbocycles. The molecule has 1 atom stereocenters. The molecule has 144 valence electrons. The van der Waals surface area contributed by atoms with Crippen LogP contribution in [0.25, 0.3) is 0 Å². The van der Waals surface area contributed by atoms with E-state index in [-0.39, 0.29) is 23.7 Å². The quantitative estimate of drug-likeness (QED) is 0.573. The van der Waals surface area contributed by atoms with Gasteiger partial charge in [0.1, 0.15) is 10.9 Å². The van der Waals surface area contributed by atoms with Crippen LogP contribution in [0.15, 0.2) is 53.5 Å². The molecule has 1 aliphatic rings. The van der Waals surface area contributed by atoms with Crippen LogP contribution in [0.2, 0.25) is 0 Å². The number of rotatable bonds is 6. The minimum atomic E-state index is -0.626. The van der Waals surface area contributed by atoms with Crippen LogP contribution < -0.4 is 10.6 Å². The highest BCUT2D eigenvalue weighted by atomic mass is 32.2. The third-order valence-corrected chi connectivity index (χ3v) is 5.14. The SMILES string of the molecule is Cc1ccc(NC(=O)C[C@H]2SC(=NCc3ccccc3)NC2=O)c([N+](=O)[O-])c1. The summed E-state index contributed by atoms with van der Waals surface area (Å²) < 4.78 is 0. The Morgan fingerprint density at radius 2 is 2.04 bits per heavy atom. The molecule has 2 N–H and O–H groups in total. The van der Waals surface area contributed by atoms with E-state index in [2.05, 4.69) is 15.6 Å². The van der Waals surface area contributed by atoms with Crippen LogP contribution in [-0.2, 0) is 16.1 Å². The van der Waals surface area contributed by atoms with Gasteiger partial charge in [-0.05, 0) is 24.1 Å². The van der Waals surface area contributed by atoms with Crippen molar-refractivity contribution < 1.29 is 14.5 Å². The number of aliphatic imine (C=N–C) groups is 1. The number of benzene rings is 2. The van der Waals surface area contributed by atoms with Crippen LogP contribution in [0.1, 0.15) is 17.5 Å². The predicted molar refractivity (Wildman–Crippen MR) is 108 cm³/mol. The zero-order valence-corrected chi connectivity index (χ0v) is 15.9. The molecule has 0 bridgehead atoms. The van der Waals surface area contributed by atoms with Gasteiger partial charge in [-0.3, -0.25) is 24.7 Å². The lowest BCUT2D eigenvalue weighted by atomic mass is 10.2. The molecule has 2 aromatic rings. The van der Waals surface area contributed by atoms with Gasteiger partial charge in [-0.1, -0.05) is 48.2 Å². The van der Waals surface area contributed by atoms with E-state index >= 15 is 0 Å². The molecule has 2 amide bonds. The zero-order valence-electron chi connectivity index (χ0n) is 15.0. The maximum Gasteiger partial charge on any atom is 0.293 e. The lowest BCUT2D eigenvalue weighted by Crippen LogP contribution is -2.28. The molecule has 0 aromatic heterocycles. The normalized spacial score (nSPS) is 17.4. The van der Waals surface area contributed by atoms with E-state index < -0.39 is 16.1 Å². The first-order valence-corrected chi connectivity index (χ1v) is 9.41. The number of nitro groups is 1. The van der Waals surface area contributed by atoms with Crippen molar-refractivity contribution in [1.82, 2.24) is 5.32 Å². The summed E-state index contributed by atoms with van der Waals surface area (Å²) >= 11 is 1.18. The number of carbonyl (C=O) groups is 2. The smallest absolute Gasteiger partial charge is 0.293 e. The molecule has 0 radical (unpaired) electrons. The van der Waals surface area contributed by atoms with Gasteiger partial charge in [0.05, 0.1) is 11.5 Å². The summed E-state index contributed by atoms with van der Waals surface area (Å²) in [6.07, 6.45) is -0.105. The summed E-state index contributed by atoms with van der Waals surface area (Å²) in [6.45, 7) is 2.16. The van der Waals surface area contributed by atoms with Gasteiger partial charge in [0.2, 0.25) is 11.8 Å². The van der Waals surface area contributed by atoms with Gasteiger partial charge in [-0.15, -0.1) is 0 Å². The Hall–Kier alpha value is -3.20. The van der Waals surface area contributed by atoms with Crippen molar-refractivity contribution in [3.8, 4) is 0 Å². The average Bonchev–Trinajstić information content (AvgIpc) is 3.01. The zero-order chi connectivity index (χ0) is 20.1. The molecule has 8 nitrogen and oxygen atoms in total. The number of nitrogens with one attached hydrogen (secondary N) is 2. The Bertz CT molecular complexity index is 946. The molecular weight excluding hydrogens is 380 g/mol. The highest BCUT2D eigenvalue weighted by Crippen LogP contribution is 2.27. The Balaban J connectivity index is 1.60. The number of nitro benzene ring substituents is 1. The van der Waals surface area contributed by atoms with Crippen molar-refractivity contribution in [2.45, 2.75) is 25.1 Å². The van der Waals surface area contributed by atoms with Crippen molar-refractivity contribution in [2.24, 2.45) is 4.99 Å². The molecule has 0 saturated carbocycles. The number of hydrogen-bond acceptors (Lipinski definition) is 6. The third kappa shape index (κ3) is 4.95. The van der Waals surface area contributed by atoms with E-state index in [1.807, 2.05) is 30.3 Å². The third-order valence-electron chi connectivity index (χ3n) is 4.02. The Labute approximate surface area is 165 Å². The van der Waals surface area contributed by atoms with E-state index in [0.29, 0.717) is 11.7 Å². The number of carbonyl (C=O) groups excluding carboxylic acids is 2. The number of aryl methyl sites for hydroxylation is 1. The van der Waals surface area contributed by atoms with Gasteiger partial charge in [0.25, 0.3) is 5.69 Å². The van der Waals surface area contributed by atoms with Gasteiger partial charge < -0.3 is 10.6 Å². The molecule has 0 unspecified atom stereocenters. The lowest BCUT2D eigenvalue weighted by molar-refractivity contribution is -0.384. The maximum atomic E-state index is 12.3. The fourth-order valence-electron chi connectivity index (χ4n) is 2.63. The second kappa shape index (κ2) is 8.66. The summed E-state index contributed by atoms with van der Waals surface area (Å²) in [5.74, 6) is -0.769. The topological polar surface area (TPSA) is 114 Å². The lowest BCUT2D eigenvalue weighted by Gasteiger charge is -2.08. The number of anilines is 1. The van der Waals surface area contributed by atoms with Crippen LogP contribution in [-0.4, -0.2) is 27.2 Å². The number of hydrogen-bond donors (Lipinski definition) is 2. The minimum absolute atomic E-state index is 0.105. The Morgan fingerprint density at radius 3 is 2.75 bits per heavy atom. The summed E-state index contributed by atoms with van der Waals surface area (Å²) in [6, 6.07) is 14.2.